The topological polar surface area (TPSA) is 32.8 Å². The van der Waals surface area contributed by atoms with Crippen molar-refractivity contribution >= 4 is 5.91 Å². The molecule has 1 amide bonds. The molecule has 0 unspecified atom stereocenters. The molecule has 0 spiro atoms. The molecule has 0 radical (unpaired) electrons. The Balaban J connectivity index is 1.59. The normalized spacial score (nSPS) is 22.7. The first-order valence-corrected chi connectivity index (χ1v) is 8.28. The monoisotopic (exact) mass is 302 g/mol. The summed E-state index contributed by atoms with van der Waals surface area (Å²) in [5, 5.41) is 0. The van der Waals surface area contributed by atoms with Crippen LogP contribution in [0.2, 0.25) is 0 Å². The Labute approximate surface area is 133 Å². The maximum Gasteiger partial charge on any atom is 0.239 e. The van der Waals surface area contributed by atoms with Crippen LogP contribution < -0.4 is 0 Å². The van der Waals surface area contributed by atoms with E-state index in [1.165, 1.54) is 11.1 Å². The van der Waals surface area contributed by atoms with Gasteiger partial charge in [0, 0.05) is 26.2 Å². The van der Waals surface area contributed by atoms with Gasteiger partial charge in [-0.1, -0.05) is 24.3 Å². The Morgan fingerprint density at radius 1 is 1.41 bits per heavy atom. The van der Waals surface area contributed by atoms with E-state index in [0.29, 0.717) is 5.92 Å². The number of hydrogen-bond acceptors (Lipinski definition) is 3. The van der Waals surface area contributed by atoms with Gasteiger partial charge in [0.05, 0.1) is 12.6 Å². The second kappa shape index (κ2) is 6.80. The molecule has 22 heavy (non-hydrogen) atoms. The van der Waals surface area contributed by atoms with Gasteiger partial charge in [0.1, 0.15) is 0 Å². The van der Waals surface area contributed by atoms with Crippen LogP contribution >= 0.6 is 0 Å². The summed E-state index contributed by atoms with van der Waals surface area (Å²) in [6.07, 6.45) is 2.08. The number of ether oxygens (including phenoxy) is 1. The smallest absolute Gasteiger partial charge is 0.239 e. The maximum atomic E-state index is 12.8. The minimum Gasteiger partial charge on any atom is -0.381 e. The van der Waals surface area contributed by atoms with Gasteiger partial charge < -0.3 is 9.64 Å². The Kier molecular flexibility index (Phi) is 4.79. The predicted molar refractivity (Wildman–Crippen MR) is 86.6 cm³/mol. The highest BCUT2D eigenvalue weighted by molar-refractivity contribution is 5.81. The molecule has 2 atom stereocenters. The molecule has 1 aromatic rings. The predicted octanol–water partition coefficient (Wildman–Crippen LogP) is 1.93. The zero-order valence-corrected chi connectivity index (χ0v) is 13.6. The molecule has 4 heteroatoms. The van der Waals surface area contributed by atoms with Gasteiger partial charge in [-0.25, -0.2) is 0 Å². The molecule has 1 saturated heterocycles. The van der Waals surface area contributed by atoms with Gasteiger partial charge in [-0.05, 0) is 43.9 Å². The van der Waals surface area contributed by atoms with E-state index in [-0.39, 0.29) is 11.9 Å². The molecular weight excluding hydrogens is 276 g/mol. The van der Waals surface area contributed by atoms with E-state index >= 15 is 0 Å². The summed E-state index contributed by atoms with van der Waals surface area (Å²) < 4.78 is 5.43. The number of benzene rings is 1. The van der Waals surface area contributed by atoms with Crippen molar-refractivity contribution in [2.45, 2.75) is 32.4 Å². The third-order valence-electron chi connectivity index (χ3n) is 5.03. The third-order valence-corrected chi connectivity index (χ3v) is 5.03. The summed E-state index contributed by atoms with van der Waals surface area (Å²) in [6, 6.07) is 8.39. The minimum atomic E-state index is -0.0640. The Bertz CT molecular complexity index is 526. The fourth-order valence-electron chi connectivity index (χ4n) is 3.43. The number of fused-ring (bicyclic) bond motifs is 1. The zero-order chi connectivity index (χ0) is 15.5. The minimum absolute atomic E-state index is 0.0640. The van der Waals surface area contributed by atoms with E-state index in [9.17, 15) is 4.79 Å². The van der Waals surface area contributed by atoms with Gasteiger partial charge >= 0.3 is 0 Å². The second-order valence-electron chi connectivity index (χ2n) is 6.62. The quantitative estimate of drug-likeness (QED) is 0.852. The lowest BCUT2D eigenvalue weighted by Crippen LogP contribution is -2.48. The Morgan fingerprint density at radius 2 is 2.18 bits per heavy atom. The van der Waals surface area contributed by atoms with Crippen LogP contribution in [0, 0.1) is 5.92 Å². The van der Waals surface area contributed by atoms with Crippen molar-refractivity contribution in [1.82, 2.24) is 9.80 Å². The molecule has 1 aromatic carbocycles. The highest BCUT2D eigenvalue weighted by Gasteiger charge is 2.28. The maximum absolute atomic E-state index is 12.8. The van der Waals surface area contributed by atoms with E-state index in [1.807, 2.05) is 11.8 Å². The van der Waals surface area contributed by atoms with E-state index in [2.05, 4.69) is 36.2 Å². The number of hydrogen-bond donors (Lipinski definition) is 0. The first-order chi connectivity index (χ1) is 10.6. The lowest BCUT2D eigenvalue weighted by molar-refractivity contribution is -0.137. The standard InChI is InChI=1S/C18H26N2O2/c1-14(19(2)11-15-8-10-22-13-15)18(21)20-9-7-16-5-3-4-6-17(16)12-20/h3-6,14-15H,7-13H2,1-2H3/t14-,15-/m0/s1. The van der Waals surface area contributed by atoms with Crippen molar-refractivity contribution in [2.24, 2.45) is 5.92 Å². The summed E-state index contributed by atoms with van der Waals surface area (Å²) in [5.41, 5.74) is 2.68. The van der Waals surface area contributed by atoms with Crippen LogP contribution in [0.5, 0.6) is 0 Å². The van der Waals surface area contributed by atoms with Gasteiger partial charge in [0.15, 0.2) is 0 Å². The fourth-order valence-corrected chi connectivity index (χ4v) is 3.43. The fraction of sp³-hybridized carbons (Fsp3) is 0.611. The number of carbonyl (C=O) groups excluding carboxylic acids is 1. The number of nitrogens with zero attached hydrogens (tertiary/aromatic N) is 2. The summed E-state index contributed by atoms with van der Waals surface area (Å²) in [6.45, 7) is 6.25. The van der Waals surface area contributed by atoms with E-state index in [1.54, 1.807) is 0 Å². The van der Waals surface area contributed by atoms with E-state index < -0.39 is 0 Å². The van der Waals surface area contributed by atoms with E-state index in [4.69, 9.17) is 4.74 Å². The van der Waals surface area contributed by atoms with Gasteiger partial charge in [-0.2, -0.15) is 0 Å². The van der Waals surface area contributed by atoms with Crippen molar-refractivity contribution in [3.63, 3.8) is 0 Å². The molecule has 2 aliphatic heterocycles. The van der Waals surface area contributed by atoms with Crippen LogP contribution in [-0.2, 0) is 22.5 Å². The van der Waals surface area contributed by atoms with Crippen molar-refractivity contribution in [3.05, 3.63) is 35.4 Å². The average molecular weight is 302 g/mol. The molecule has 0 saturated carbocycles. The molecule has 3 rings (SSSR count). The van der Waals surface area contributed by atoms with Crippen LogP contribution in [0.3, 0.4) is 0 Å². The van der Waals surface area contributed by atoms with Crippen LogP contribution in [-0.4, -0.2) is 55.1 Å². The third kappa shape index (κ3) is 3.33. The molecule has 4 nitrogen and oxygen atoms in total. The molecule has 1 fully saturated rings. The van der Waals surface area contributed by atoms with Crippen molar-refractivity contribution in [1.29, 1.82) is 0 Å². The number of rotatable bonds is 4. The van der Waals surface area contributed by atoms with Crippen molar-refractivity contribution < 1.29 is 9.53 Å². The van der Waals surface area contributed by atoms with Gasteiger partial charge in [-0.15, -0.1) is 0 Å². The first kappa shape index (κ1) is 15.5. The van der Waals surface area contributed by atoms with Crippen LogP contribution in [0.25, 0.3) is 0 Å². The zero-order valence-electron chi connectivity index (χ0n) is 13.6. The molecule has 0 bridgehead atoms. The van der Waals surface area contributed by atoms with Crippen molar-refractivity contribution in [3.8, 4) is 0 Å². The molecule has 2 heterocycles. The summed E-state index contributed by atoms with van der Waals surface area (Å²) in [4.78, 5) is 17.0. The van der Waals surface area contributed by atoms with Crippen LogP contribution in [0.15, 0.2) is 24.3 Å². The molecule has 2 aliphatic rings. The highest BCUT2D eigenvalue weighted by atomic mass is 16.5. The largest absolute Gasteiger partial charge is 0.381 e. The molecule has 120 valence electrons. The number of likely N-dealkylation sites (N-methyl/N-ethyl adjacent to an activating group) is 1. The molecule has 0 aromatic heterocycles. The second-order valence-corrected chi connectivity index (χ2v) is 6.62. The Morgan fingerprint density at radius 3 is 2.91 bits per heavy atom. The van der Waals surface area contributed by atoms with Crippen LogP contribution in [0.1, 0.15) is 24.5 Å². The summed E-state index contributed by atoms with van der Waals surface area (Å²) >= 11 is 0. The lowest BCUT2D eigenvalue weighted by atomic mass is 9.99. The number of carbonyl (C=O) groups is 1. The van der Waals surface area contributed by atoms with Gasteiger partial charge in [-0.3, -0.25) is 9.69 Å². The lowest BCUT2D eigenvalue weighted by Gasteiger charge is -2.34. The van der Waals surface area contributed by atoms with Gasteiger partial charge in [0.25, 0.3) is 0 Å². The van der Waals surface area contributed by atoms with Crippen LogP contribution in [0.4, 0.5) is 0 Å². The summed E-state index contributed by atoms with van der Waals surface area (Å²) in [5.74, 6) is 0.818. The molecule has 0 aliphatic carbocycles. The highest BCUT2D eigenvalue weighted by Crippen LogP contribution is 2.20. The first-order valence-electron chi connectivity index (χ1n) is 8.28. The Hall–Kier alpha value is -1.39. The average Bonchev–Trinajstić information content (AvgIpc) is 3.06. The molecule has 0 N–H and O–H groups in total. The van der Waals surface area contributed by atoms with Gasteiger partial charge in [0.2, 0.25) is 5.91 Å². The van der Waals surface area contributed by atoms with E-state index in [0.717, 1.165) is 45.7 Å². The SMILES string of the molecule is C[C@@H](C(=O)N1CCc2ccccc2C1)N(C)C[C@@H]1CCOC1. The van der Waals surface area contributed by atoms with Crippen molar-refractivity contribution in [2.75, 3.05) is 33.4 Å². The summed E-state index contributed by atoms with van der Waals surface area (Å²) in [7, 11) is 2.05. The molecular formula is C18H26N2O2. The number of amides is 1.